The van der Waals surface area contributed by atoms with Crippen LogP contribution in [0.3, 0.4) is 0 Å². The van der Waals surface area contributed by atoms with E-state index in [1.807, 2.05) is 24.3 Å². The van der Waals surface area contributed by atoms with Gasteiger partial charge in [0, 0.05) is 18.7 Å². The van der Waals surface area contributed by atoms with Gasteiger partial charge >= 0.3 is 0 Å². The maximum Gasteiger partial charge on any atom is 0.140 e. The third-order valence-corrected chi connectivity index (χ3v) is 3.16. The van der Waals surface area contributed by atoms with Crippen molar-refractivity contribution in [1.82, 2.24) is 14.8 Å². The molecule has 0 radical (unpaired) electrons. The van der Waals surface area contributed by atoms with Crippen LogP contribution < -0.4 is 5.73 Å². The molecule has 5 heteroatoms. The number of carbonyl (C=O) groups excluding carboxylic acids is 1. The molecule has 0 saturated heterocycles. The molecule has 0 fully saturated rings. The van der Waals surface area contributed by atoms with E-state index in [1.165, 1.54) is 6.33 Å². The molecular formula is C15H20N4O. The fourth-order valence-electron chi connectivity index (χ4n) is 2.06. The third kappa shape index (κ3) is 3.91. The highest BCUT2D eigenvalue weighted by atomic mass is 16.1. The standard InChI is InChI=1S/C15H20N4O/c1-2-9-19-15(17-11-18-19)10-14(20)8-5-12-3-6-13(16)7-4-12/h3-4,6-7,11H,2,5,8-10,16H2,1H3. The van der Waals surface area contributed by atoms with Gasteiger partial charge in [-0.05, 0) is 30.5 Å². The van der Waals surface area contributed by atoms with Crippen LogP contribution in [0.5, 0.6) is 0 Å². The molecule has 0 amide bonds. The quantitative estimate of drug-likeness (QED) is 0.782. The molecule has 2 N–H and O–H groups in total. The average Bonchev–Trinajstić information content (AvgIpc) is 2.86. The Labute approximate surface area is 118 Å². The fourth-order valence-corrected chi connectivity index (χ4v) is 2.06. The number of rotatable bonds is 7. The van der Waals surface area contributed by atoms with Gasteiger partial charge in [0.2, 0.25) is 0 Å². The highest BCUT2D eigenvalue weighted by molar-refractivity contribution is 5.80. The highest BCUT2D eigenvalue weighted by Crippen LogP contribution is 2.09. The number of aromatic nitrogens is 3. The Morgan fingerprint density at radius 2 is 2.05 bits per heavy atom. The summed E-state index contributed by atoms with van der Waals surface area (Å²) in [5.74, 6) is 0.946. The number of anilines is 1. The van der Waals surface area contributed by atoms with Gasteiger partial charge in [-0.2, -0.15) is 5.10 Å². The van der Waals surface area contributed by atoms with Crippen LogP contribution in [0.1, 0.15) is 31.2 Å². The summed E-state index contributed by atoms with van der Waals surface area (Å²) >= 11 is 0. The zero-order valence-corrected chi connectivity index (χ0v) is 11.7. The second-order valence-electron chi connectivity index (χ2n) is 4.86. The van der Waals surface area contributed by atoms with Gasteiger partial charge < -0.3 is 5.73 Å². The van der Waals surface area contributed by atoms with Gasteiger partial charge in [0.15, 0.2) is 0 Å². The predicted octanol–water partition coefficient (Wildman–Crippen LogP) is 2.01. The number of Topliss-reactive ketones (excluding diaryl/α,β-unsaturated/α-hetero) is 1. The Bertz CT molecular complexity index is 560. The summed E-state index contributed by atoms with van der Waals surface area (Å²) in [4.78, 5) is 16.2. The smallest absolute Gasteiger partial charge is 0.140 e. The van der Waals surface area contributed by atoms with Crippen LogP contribution in [0.2, 0.25) is 0 Å². The van der Waals surface area contributed by atoms with Crippen molar-refractivity contribution in [2.24, 2.45) is 0 Å². The molecule has 0 aliphatic rings. The minimum absolute atomic E-state index is 0.187. The van der Waals surface area contributed by atoms with E-state index in [0.717, 1.165) is 36.5 Å². The Morgan fingerprint density at radius 1 is 1.30 bits per heavy atom. The fraction of sp³-hybridized carbons (Fsp3) is 0.400. The minimum atomic E-state index is 0.187. The van der Waals surface area contributed by atoms with Crippen molar-refractivity contribution in [3.63, 3.8) is 0 Å². The zero-order chi connectivity index (χ0) is 14.4. The van der Waals surface area contributed by atoms with Gasteiger partial charge in [-0.3, -0.25) is 4.79 Å². The molecule has 0 unspecified atom stereocenters. The third-order valence-electron chi connectivity index (χ3n) is 3.16. The van der Waals surface area contributed by atoms with E-state index in [0.29, 0.717) is 12.8 Å². The van der Waals surface area contributed by atoms with Crippen LogP contribution in [-0.4, -0.2) is 20.5 Å². The lowest BCUT2D eigenvalue weighted by atomic mass is 10.1. The number of hydrogen-bond donors (Lipinski definition) is 1. The number of benzene rings is 1. The molecule has 1 aromatic carbocycles. The molecular weight excluding hydrogens is 252 g/mol. The van der Waals surface area contributed by atoms with Crippen molar-refractivity contribution in [1.29, 1.82) is 0 Å². The van der Waals surface area contributed by atoms with E-state index >= 15 is 0 Å². The summed E-state index contributed by atoms with van der Waals surface area (Å²) in [5, 5.41) is 4.13. The van der Waals surface area contributed by atoms with Crippen molar-refractivity contribution >= 4 is 11.5 Å². The summed E-state index contributed by atoms with van der Waals surface area (Å²) in [7, 11) is 0. The van der Waals surface area contributed by atoms with Gasteiger partial charge in [-0.25, -0.2) is 9.67 Å². The first kappa shape index (κ1) is 14.2. The lowest BCUT2D eigenvalue weighted by molar-refractivity contribution is -0.118. The van der Waals surface area contributed by atoms with Crippen molar-refractivity contribution in [3.05, 3.63) is 42.0 Å². The van der Waals surface area contributed by atoms with Gasteiger partial charge in [-0.1, -0.05) is 19.1 Å². The molecule has 20 heavy (non-hydrogen) atoms. The Morgan fingerprint density at radius 3 is 2.75 bits per heavy atom. The molecule has 5 nitrogen and oxygen atoms in total. The molecule has 106 valence electrons. The van der Waals surface area contributed by atoms with E-state index in [4.69, 9.17) is 5.73 Å². The number of ketones is 1. The lowest BCUT2D eigenvalue weighted by Crippen LogP contribution is -2.11. The van der Waals surface area contributed by atoms with Gasteiger partial charge in [-0.15, -0.1) is 0 Å². The maximum absolute atomic E-state index is 12.0. The molecule has 0 aliphatic carbocycles. The van der Waals surface area contributed by atoms with Crippen molar-refractivity contribution in [2.75, 3.05) is 5.73 Å². The van der Waals surface area contributed by atoms with Crippen LogP contribution in [0.4, 0.5) is 5.69 Å². The molecule has 0 spiro atoms. The topological polar surface area (TPSA) is 73.8 Å². The number of aryl methyl sites for hydroxylation is 2. The normalized spacial score (nSPS) is 10.7. The number of nitrogens with zero attached hydrogens (tertiary/aromatic N) is 3. The van der Waals surface area contributed by atoms with Crippen molar-refractivity contribution in [2.45, 2.75) is 39.2 Å². The van der Waals surface area contributed by atoms with E-state index in [9.17, 15) is 4.79 Å². The number of nitrogen functional groups attached to an aromatic ring is 1. The summed E-state index contributed by atoms with van der Waals surface area (Å²) in [6.45, 7) is 2.88. The summed E-state index contributed by atoms with van der Waals surface area (Å²) < 4.78 is 1.81. The molecule has 0 saturated carbocycles. The SMILES string of the molecule is CCCn1ncnc1CC(=O)CCc1ccc(N)cc1. The Hall–Kier alpha value is -2.17. The van der Waals surface area contributed by atoms with Crippen molar-refractivity contribution in [3.8, 4) is 0 Å². The Balaban J connectivity index is 1.86. The molecule has 2 rings (SSSR count). The average molecular weight is 272 g/mol. The monoisotopic (exact) mass is 272 g/mol. The number of nitrogens with two attached hydrogens (primary N) is 1. The molecule has 0 aliphatic heterocycles. The molecule has 1 heterocycles. The first-order valence-corrected chi connectivity index (χ1v) is 6.92. The molecule has 2 aromatic rings. The highest BCUT2D eigenvalue weighted by Gasteiger charge is 2.10. The minimum Gasteiger partial charge on any atom is -0.399 e. The van der Waals surface area contributed by atoms with Crippen LogP contribution in [0.25, 0.3) is 0 Å². The molecule has 0 bridgehead atoms. The van der Waals surface area contributed by atoms with E-state index in [1.54, 1.807) is 4.68 Å². The van der Waals surface area contributed by atoms with Gasteiger partial charge in [0.1, 0.15) is 17.9 Å². The first-order chi connectivity index (χ1) is 9.69. The van der Waals surface area contributed by atoms with Crippen LogP contribution >= 0.6 is 0 Å². The summed E-state index contributed by atoms with van der Waals surface area (Å²) in [6, 6.07) is 7.64. The van der Waals surface area contributed by atoms with E-state index in [-0.39, 0.29) is 5.78 Å². The zero-order valence-electron chi connectivity index (χ0n) is 11.7. The van der Waals surface area contributed by atoms with Crippen LogP contribution in [0, 0.1) is 0 Å². The van der Waals surface area contributed by atoms with Crippen LogP contribution in [-0.2, 0) is 24.2 Å². The second-order valence-corrected chi connectivity index (χ2v) is 4.86. The summed E-state index contributed by atoms with van der Waals surface area (Å²) in [5.41, 5.74) is 7.50. The molecule has 0 atom stereocenters. The predicted molar refractivity (Wildman–Crippen MR) is 78.2 cm³/mol. The van der Waals surface area contributed by atoms with Gasteiger partial charge in [0.05, 0.1) is 6.42 Å². The van der Waals surface area contributed by atoms with E-state index in [2.05, 4.69) is 17.0 Å². The lowest BCUT2D eigenvalue weighted by Gasteiger charge is -2.04. The number of hydrogen-bond acceptors (Lipinski definition) is 4. The second kappa shape index (κ2) is 6.84. The van der Waals surface area contributed by atoms with E-state index < -0.39 is 0 Å². The Kier molecular flexibility index (Phi) is 4.87. The molecule has 1 aromatic heterocycles. The number of carbonyl (C=O) groups is 1. The maximum atomic E-state index is 12.0. The summed E-state index contributed by atoms with van der Waals surface area (Å²) in [6.07, 6.45) is 4.10. The first-order valence-electron chi connectivity index (χ1n) is 6.92. The van der Waals surface area contributed by atoms with Crippen molar-refractivity contribution < 1.29 is 4.79 Å². The largest absolute Gasteiger partial charge is 0.399 e. The van der Waals surface area contributed by atoms with Gasteiger partial charge in [0.25, 0.3) is 0 Å². The van der Waals surface area contributed by atoms with Crippen LogP contribution in [0.15, 0.2) is 30.6 Å².